The topological polar surface area (TPSA) is 57.6 Å². The van der Waals surface area contributed by atoms with Gasteiger partial charge in [0.1, 0.15) is 0 Å². The van der Waals surface area contributed by atoms with Gasteiger partial charge in [0, 0.05) is 13.1 Å². The number of sulfonamides is 1. The van der Waals surface area contributed by atoms with Gasteiger partial charge in [0.15, 0.2) is 0 Å². The Morgan fingerprint density at radius 3 is 2.44 bits per heavy atom. The molecule has 0 fully saturated rings. The molecular weight excluding hydrogens is 257 g/mol. The summed E-state index contributed by atoms with van der Waals surface area (Å²) in [7, 11) is -3.51. The summed E-state index contributed by atoms with van der Waals surface area (Å²) in [6.07, 6.45) is -0.0148. The molecule has 0 aliphatic carbocycles. The van der Waals surface area contributed by atoms with E-state index in [1.807, 2.05) is 30.3 Å². The molecule has 4 nitrogen and oxygen atoms in total. The van der Waals surface area contributed by atoms with Crippen LogP contribution in [0, 0.1) is 0 Å². The molecule has 0 radical (unpaired) electrons. The van der Waals surface area contributed by atoms with Crippen LogP contribution in [0.25, 0.3) is 0 Å². The van der Waals surface area contributed by atoms with Crippen molar-refractivity contribution in [3.63, 3.8) is 0 Å². The van der Waals surface area contributed by atoms with E-state index in [-0.39, 0.29) is 31.9 Å². The lowest BCUT2D eigenvalue weighted by molar-refractivity contribution is 0.251. The van der Waals surface area contributed by atoms with Gasteiger partial charge in [-0.2, -0.15) is 4.31 Å². The minimum Gasteiger partial charge on any atom is -0.395 e. The number of benzene rings is 1. The van der Waals surface area contributed by atoms with Crippen LogP contribution in [-0.2, 0) is 16.6 Å². The third-order valence-corrected chi connectivity index (χ3v) is 4.38. The van der Waals surface area contributed by atoms with Gasteiger partial charge in [-0.05, 0) is 12.0 Å². The van der Waals surface area contributed by atoms with Crippen LogP contribution in [0.5, 0.6) is 0 Å². The maximum atomic E-state index is 12.1. The number of hydrogen-bond donors (Lipinski definition) is 1. The van der Waals surface area contributed by atoms with E-state index < -0.39 is 16.7 Å². The van der Waals surface area contributed by atoms with Crippen LogP contribution < -0.4 is 0 Å². The van der Waals surface area contributed by atoms with Gasteiger partial charge in [-0.1, -0.05) is 30.3 Å². The summed E-state index contributed by atoms with van der Waals surface area (Å²) in [5, 5.41) is 8.92. The first-order valence-electron chi connectivity index (χ1n) is 5.78. The first-order valence-corrected chi connectivity index (χ1v) is 7.39. The summed E-state index contributed by atoms with van der Waals surface area (Å²) in [6.45, 7) is -0.668. The zero-order valence-corrected chi connectivity index (χ0v) is 10.9. The molecule has 0 heterocycles. The van der Waals surface area contributed by atoms with Crippen molar-refractivity contribution < 1.29 is 17.9 Å². The predicted octanol–water partition coefficient (Wildman–Crippen LogP) is 1.17. The molecule has 0 amide bonds. The van der Waals surface area contributed by atoms with E-state index in [4.69, 9.17) is 5.11 Å². The average molecular weight is 275 g/mol. The van der Waals surface area contributed by atoms with Crippen molar-refractivity contribution in [2.75, 3.05) is 25.6 Å². The molecule has 1 N–H and O–H groups in total. The number of aliphatic hydroxyl groups is 1. The van der Waals surface area contributed by atoms with Crippen LogP contribution in [0.4, 0.5) is 4.39 Å². The first-order chi connectivity index (χ1) is 8.60. The second-order valence-corrected chi connectivity index (χ2v) is 5.99. The second kappa shape index (κ2) is 7.45. The smallest absolute Gasteiger partial charge is 0.214 e. The van der Waals surface area contributed by atoms with E-state index in [9.17, 15) is 12.8 Å². The normalized spacial score (nSPS) is 11.9. The number of rotatable bonds is 8. The fourth-order valence-electron chi connectivity index (χ4n) is 1.58. The van der Waals surface area contributed by atoms with Crippen molar-refractivity contribution in [1.29, 1.82) is 0 Å². The van der Waals surface area contributed by atoms with Crippen LogP contribution in [0.3, 0.4) is 0 Å². The van der Waals surface area contributed by atoms with E-state index in [0.717, 1.165) is 5.56 Å². The van der Waals surface area contributed by atoms with Crippen LogP contribution in [0.15, 0.2) is 30.3 Å². The highest BCUT2D eigenvalue weighted by Crippen LogP contribution is 2.10. The van der Waals surface area contributed by atoms with Crippen molar-refractivity contribution >= 4 is 10.0 Å². The van der Waals surface area contributed by atoms with E-state index in [1.165, 1.54) is 4.31 Å². The standard InChI is InChI=1S/C12H18FNO3S/c13-7-4-10-18(16,17)14(8-9-15)11-12-5-2-1-3-6-12/h1-3,5-6,15H,4,7-11H2. The lowest BCUT2D eigenvalue weighted by atomic mass is 10.2. The monoisotopic (exact) mass is 275 g/mol. The van der Waals surface area contributed by atoms with Gasteiger partial charge >= 0.3 is 0 Å². The zero-order chi connectivity index (χ0) is 13.4. The number of hydrogen-bond acceptors (Lipinski definition) is 3. The molecule has 102 valence electrons. The number of alkyl halides is 1. The van der Waals surface area contributed by atoms with E-state index in [1.54, 1.807) is 0 Å². The van der Waals surface area contributed by atoms with Gasteiger partial charge in [0.25, 0.3) is 0 Å². The number of halogens is 1. The molecule has 0 atom stereocenters. The molecule has 0 aromatic heterocycles. The molecule has 0 saturated heterocycles. The van der Waals surface area contributed by atoms with E-state index >= 15 is 0 Å². The SMILES string of the molecule is O=S(=O)(CCCF)N(CCO)Cc1ccccc1. The average Bonchev–Trinajstić information content (AvgIpc) is 2.37. The third kappa shape index (κ3) is 4.72. The Kier molecular flexibility index (Phi) is 6.24. The lowest BCUT2D eigenvalue weighted by Gasteiger charge is -2.21. The number of nitrogens with zero attached hydrogens (tertiary/aromatic N) is 1. The minimum atomic E-state index is -3.51. The van der Waals surface area contributed by atoms with Crippen molar-refractivity contribution in [2.24, 2.45) is 0 Å². The maximum Gasteiger partial charge on any atom is 0.214 e. The highest BCUT2D eigenvalue weighted by molar-refractivity contribution is 7.89. The Morgan fingerprint density at radius 2 is 1.89 bits per heavy atom. The molecule has 0 aliphatic rings. The molecule has 0 unspecified atom stereocenters. The maximum absolute atomic E-state index is 12.1. The van der Waals surface area contributed by atoms with Gasteiger partial charge in [0.2, 0.25) is 10.0 Å². The minimum absolute atomic E-state index is 0.0148. The Morgan fingerprint density at radius 1 is 1.22 bits per heavy atom. The molecule has 1 aromatic carbocycles. The quantitative estimate of drug-likeness (QED) is 0.775. The lowest BCUT2D eigenvalue weighted by Crippen LogP contribution is -2.35. The van der Waals surface area contributed by atoms with Gasteiger partial charge in [-0.25, -0.2) is 8.42 Å². The zero-order valence-electron chi connectivity index (χ0n) is 10.1. The second-order valence-electron chi connectivity index (χ2n) is 3.90. The van der Waals surface area contributed by atoms with Crippen molar-refractivity contribution in [1.82, 2.24) is 4.31 Å². The molecule has 1 aromatic rings. The Hall–Kier alpha value is -0.980. The van der Waals surface area contributed by atoms with E-state index in [0.29, 0.717) is 0 Å². The summed E-state index contributed by atoms with van der Waals surface area (Å²) in [5.41, 5.74) is 0.842. The Labute approximate surface area is 107 Å². The fraction of sp³-hybridized carbons (Fsp3) is 0.500. The van der Waals surface area contributed by atoms with Gasteiger partial charge in [-0.3, -0.25) is 4.39 Å². The molecular formula is C12H18FNO3S. The molecule has 6 heteroatoms. The van der Waals surface area contributed by atoms with E-state index in [2.05, 4.69) is 0 Å². The third-order valence-electron chi connectivity index (χ3n) is 2.48. The summed E-state index contributed by atoms with van der Waals surface area (Å²) in [5.74, 6) is -0.226. The summed E-state index contributed by atoms with van der Waals surface area (Å²) < 4.78 is 37.1. The van der Waals surface area contributed by atoms with Crippen LogP contribution in [0.1, 0.15) is 12.0 Å². The summed E-state index contributed by atoms with van der Waals surface area (Å²) >= 11 is 0. The molecule has 0 saturated carbocycles. The van der Waals surface area contributed by atoms with Crippen molar-refractivity contribution in [2.45, 2.75) is 13.0 Å². The fourth-order valence-corrected chi connectivity index (χ4v) is 3.02. The molecule has 0 bridgehead atoms. The highest BCUT2D eigenvalue weighted by atomic mass is 32.2. The van der Waals surface area contributed by atoms with Gasteiger partial charge in [-0.15, -0.1) is 0 Å². The molecule has 0 aliphatic heterocycles. The van der Waals surface area contributed by atoms with Crippen molar-refractivity contribution in [3.05, 3.63) is 35.9 Å². The molecule has 1 rings (SSSR count). The van der Waals surface area contributed by atoms with Gasteiger partial charge in [0.05, 0.1) is 19.0 Å². The summed E-state index contributed by atoms with van der Waals surface area (Å²) in [6, 6.07) is 9.11. The molecule has 18 heavy (non-hydrogen) atoms. The Balaban J connectivity index is 2.76. The summed E-state index contributed by atoms with van der Waals surface area (Å²) in [4.78, 5) is 0. The molecule has 0 spiro atoms. The van der Waals surface area contributed by atoms with Crippen LogP contribution in [-0.4, -0.2) is 43.4 Å². The first kappa shape index (κ1) is 15.1. The van der Waals surface area contributed by atoms with Crippen LogP contribution in [0.2, 0.25) is 0 Å². The van der Waals surface area contributed by atoms with Crippen LogP contribution >= 0.6 is 0 Å². The highest BCUT2D eigenvalue weighted by Gasteiger charge is 2.21. The Bertz CT molecular complexity index is 436. The van der Waals surface area contributed by atoms with Gasteiger partial charge < -0.3 is 5.11 Å². The largest absolute Gasteiger partial charge is 0.395 e. The number of aliphatic hydroxyl groups excluding tert-OH is 1. The van der Waals surface area contributed by atoms with Crippen molar-refractivity contribution in [3.8, 4) is 0 Å². The predicted molar refractivity (Wildman–Crippen MR) is 68.3 cm³/mol.